The van der Waals surface area contributed by atoms with E-state index in [2.05, 4.69) is 20.6 Å². The fourth-order valence-electron chi connectivity index (χ4n) is 2.98. The van der Waals surface area contributed by atoms with Crippen LogP contribution < -0.4 is 10.6 Å². The molecule has 1 saturated carbocycles. The molecule has 2 N–H and O–H groups in total. The lowest BCUT2D eigenvalue weighted by molar-refractivity contribution is 0.472. The van der Waals surface area contributed by atoms with Gasteiger partial charge in [-0.2, -0.15) is 0 Å². The van der Waals surface area contributed by atoms with Gasteiger partial charge in [-0.15, -0.1) is 0 Å². The Hall–Kier alpha value is -1.29. The summed E-state index contributed by atoms with van der Waals surface area (Å²) in [5.41, 5.74) is 1.09. The number of aliphatic imine (C=N–C) groups is 1. The first kappa shape index (κ1) is 17.1. The first-order valence-corrected chi connectivity index (χ1v) is 8.70. The molecule has 0 radical (unpaired) electrons. The van der Waals surface area contributed by atoms with Gasteiger partial charge in [-0.25, -0.2) is 4.98 Å². The van der Waals surface area contributed by atoms with Crippen LogP contribution in [0, 0.1) is 5.92 Å². The lowest BCUT2D eigenvalue weighted by Crippen LogP contribution is -2.37. The molecule has 5 heteroatoms. The molecule has 0 amide bonds. The SMILES string of the molecule is CN=C(NCCCCC1CCCC1)NCc1ccc(Cl)nc1. The van der Waals surface area contributed by atoms with Crippen LogP contribution in [0.4, 0.5) is 0 Å². The molecule has 0 unspecified atom stereocenters. The Labute approximate surface area is 138 Å². The normalized spacial score (nSPS) is 16.0. The van der Waals surface area contributed by atoms with E-state index in [0.717, 1.165) is 24.0 Å². The third-order valence-electron chi connectivity index (χ3n) is 4.28. The van der Waals surface area contributed by atoms with Gasteiger partial charge in [0.2, 0.25) is 0 Å². The minimum atomic E-state index is 0.522. The van der Waals surface area contributed by atoms with Crippen molar-refractivity contribution in [1.82, 2.24) is 15.6 Å². The Bertz CT molecular complexity index is 452. The maximum atomic E-state index is 5.78. The van der Waals surface area contributed by atoms with Crippen LogP contribution in [0.25, 0.3) is 0 Å². The molecule has 1 aromatic heterocycles. The summed E-state index contributed by atoms with van der Waals surface area (Å²) in [4.78, 5) is 8.32. The van der Waals surface area contributed by atoms with Crippen LogP contribution in [-0.2, 0) is 6.54 Å². The van der Waals surface area contributed by atoms with Gasteiger partial charge in [0.1, 0.15) is 5.15 Å². The summed E-state index contributed by atoms with van der Waals surface area (Å²) in [6.07, 6.45) is 11.5. The zero-order valence-corrected chi connectivity index (χ0v) is 14.2. The highest BCUT2D eigenvalue weighted by molar-refractivity contribution is 6.29. The predicted octanol–water partition coefficient (Wildman–Crippen LogP) is 3.76. The van der Waals surface area contributed by atoms with Crippen molar-refractivity contribution in [3.63, 3.8) is 0 Å². The Balaban J connectivity index is 1.57. The number of pyridine rings is 1. The first-order chi connectivity index (χ1) is 10.8. The van der Waals surface area contributed by atoms with E-state index in [1.807, 2.05) is 6.07 Å². The second-order valence-electron chi connectivity index (χ2n) is 5.99. The molecule has 1 aliphatic rings. The van der Waals surface area contributed by atoms with Gasteiger partial charge in [-0.1, -0.05) is 56.2 Å². The standard InChI is InChI=1S/C17H27ClN4/c1-19-17(22-13-15-9-10-16(18)21-12-15)20-11-5-4-8-14-6-2-3-7-14/h9-10,12,14H,2-8,11,13H2,1H3,(H2,19,20,22). The van der Waals surface area contributed by atoms with Gasteiger partial charge in [-0.05, 0) is 24.0 Å². The number of hydrogen-bond donors (Lipinski definition) is 2. The van der Waals surface area contributed by atoms with Crippen LogP contribution in [0.1, 0.15) is 50.5 Å². The Morgan fingerprint density at radius 1 is 1.27 bits per heavy atom. The van der Waals surface area contributed by atoms with E-state index >= 15 is 0 Å². The highest BCUT2D eigenvalue weighted by atomic mass is 35.5. The molecular formula is C17H27ClN4. The molecule has 122 valence electrons. The topological polar surface area (TPSA) is 49.3 Å². The monoisotopic (exact) mass is 322 g/mol. The summed E-state index contributed by atoms with van der Waals surface area (Å²) in [7, 11) is 1.80. The predicted molar refractivity (Wildman–Crippen MR) is 93.3 cm³/mol. The quantitative estimate of drug-likeness (QED) is 0.348. The third kappa shape index (κ3) is 6.22. The summed E-state index contributed by atoms with van der Waals surface area (Å²) in [6.45, 7) is 1.68. The van der Waals surface area contributed by atoms with E-state index < -0.39 is 0 Å². The van der Waals surface area contributed by atoms with Crippen molar-refractivity contribution in [2.45, 2.75) is 51.5 Å². The molecule has 1 aromatic rings. The lowest BCUT2D eigenvalue weighted by Gasteiger charge is -2.12. The second kappa shape index (κ2) is 9.67. The zero-order chi connectivity index (χ0) is 15.6. The number of aromatic nitrogens is 1. The Kier molecular flexibility index (Phi) is 7.50. The number of rotatable bonds is 7. The van der Waals surface area contributed by atoms with Gasteiger partial charge >= 0.3 is 0 Å². The molecular weight excluding hydrogens is 296 g/mol. The number of unbranched alkanes of at least 4 members (excludes halogenated alkanes) is 1. The number of halogens is 1. The van der Waals surface area contributed by atoms with Crippen LogP contribution >= 0.6 is 11.6 Å². The smallest absolute Gasteiger partial charge is 0.191 e. The Morgan fingerprint density at radius 2 is 2.09 bits per heavy atom. The molecule has 0 saturated heterocycles. The van der Waals surface area contributed by atoms with E-state index in [1.54, 1.807) is 19.3 Å². The number of nitrogens with one attached hydrogen (secondary N) is 2. The minimum Gasteiger partial charge on any atom is -0.356 e. The highest BCUT2D eigenvalue weighted by Crippen LogP contribution is 2.28. The average Bonchev–Trinajstić information content (AvgIpc) is 3.05. The maximum absolute atomic E-state index is 5.78. The molecule has 1 fully saturated rings. The highest BCUT2D eigenvalue weighted by Gasteiger charge is 2.13. The van der Waals surface area contributed by atoms with Gasteiger partial charge in [0.05, 0.1) is 0 Å². The van der Waals surface area contributed by atoms with Crippen LogP contribution in [0.5, 0.6) is 0 Å². The van der Waals surface area contributed by atoms with E-state index in [-0.39, 0.29) is 0 Å². The van der Waals surface area contributed by atoms with Gasteiger partial charge in [-0.3, -0.25) is 4.99 Å². The van der Waals surface area contributed by atoms with Crippen molar-refractivity contribution in [3.8, 4) is 0 Å². The van der Waals surface area contributed by atoms with Gasteiger partial charge in [0.25, 0.3) is 0 Å². The fraction of sp³-hybridized carbons (Fsp3) is 0.647. The molecule has 0 bridgehead atoms. The van der Waals surface area contributed by atoms with Crippen LogP contribution in [0.2, 0.25) is 5.15 Å². The molecule has 22 heavy (non-hydrogen) atoms. The summed E-state index contributed by atoms with van der Waals surface area (Å²) < 4.78 is 0. The van der Waals surface area contributed by atoms with Crippen molar-refractivity contribution in [2.24, 2.45) is 10.9 Å². The molecule has 1 heterocycles. The van der Waals surface area contributed by atoms with Crippen LogP contribution in [0.15, 0.2) is 23.3 Å². The van der Waals surface area contributed by atoms with E-state index in [9.17, 15) is 0 Å². The molecule has 4 nitrogen and oxygen atoms in total. The van der Waals surface area contributed by atoms with E-state index in [4.69, 9.17) is 11.6 Å². The van der Waals surface area contributed by atoms with Crippen molar-refractivity contribution < 1.29 is 0 Å². The molecule has 0 aliphatic heterocycles. The molecule has 0 aromatic carbocycles. The zero-order valence-electron chi connectivity index (χ0n) is 13.4. The van der Waals surface area contributed by atoms with E-state index in [1.165, 1.54) is 44.9 Å². The second-order valence-corrected chi connectivity index (χ2v) is 6.38. The largest absolute Gasteiger partial charge is 0.356 e. The maximum Gasteiger partial charge on any atom is 0.191 e. The number of guanidine groups is 1. The average molecular weight is 323 g/mol. The molecule has 2 rings (SSSR count). The lowest BCUT2D eigenvalue weighted by atomic mass is 10.0. The Morgan fingerprint density at radius 3 is 2.77 bits per heavy atom. The van der Waals surface area contributed by atoms with Crippen LogP contribution in [0.3, 0.4) is 0 Å². The van der Waals surface area contributed by atoms with Crippen molar-refractivity contribution in [1.29, 1.82) is 0 Å². The third-order valence-corrected chi connectivity index (χ3v) is 4.50. The van der Waals surface area contributed by atoms with Gasteiger partial charge in [0, 0.05) is 26.3 Å². The van der Waals surface area contributed by atoms with Crippen molar-refractivity contribution in [3.05, 3.63) is 29.0 Å². The van der Waals surface area contributed by atoms with Gasteiger partial charge < -0.3 is 10.6 Å². The van der Waals surface area contributed by atoms with Crippen molar-refractivity contribution >= 4 is 17.6 Å². The van der Waals surface area contributed by atoms with Crippen LogP contribution in [-0.4, -0.2) is 24.5 Å². The number of hydrogen-bond acceptors (Lipinski definition) is 2. The van der Waals surface area contributed by atoms with Gasteiger partial charge in [0.15, 0.2) is 5.96 Å². The molecule has 0 atom stereocenters. The summed E-state index contributed by atoms with van der Waals surface area (Å²) in [6, 6.07) is 3.77. The van der Waals surface area contributed by atoms with E-state index in [0.29, 0.717) is 11.7 Å². The summed E-state index contributed by atoms with van der Waals surface area (Å²) in [5.74, 6) is 1.84. The minimum absolute atomic E-state index is 0.522. The molecule has 0 spiro atoms. The number of nitrogens with zero attached hydrogens (tertiary/aromatic N) is 2. The first-order valence-electron chi connectivity index (χ1n) is 8.33. The fourth-order valence-corrected chi connectivity index (χ4v) is 3.09. The molecule has 1 aliphatic carbocycles. The summed E-state index contributed by atoms with van der Waals surface area (Å²) >= 11 is 5.78. The summed E-state index contributed by atoms with van der Waals surface area (Å²) in [5, 5.41) is 7.18. The van der Waals surface area contributed by atoms with Crippen molar-refractivity contribution in [2.75, 3.05) is 13.6 Å².